The molecule has 2 rings (SSSR count). The van der Waals surface area contributed by atoms with E-state index in [1.54, 1.807) is 18.2 Å². The van der Waals surface area contributed by atoms with Crippen molar-refractivity contribution in [3.8, 4) is 0 Å². The summed E-state index contributed by atoms with van der Waals surface area (Å²) in [6, 6.07) is 10.4. The third kappa shape index (κ3) is 2.58. The molecule has 1 N–H and O–H groups in total. The molecule has 0 fully saturated rings. The lowest BCUT2D eigenvalue weighted by atomic mass is 9.99. The SMILES string of the molecule is Cc1cccc(C(O)c2c(Cl)ccc(Br)c2F)c1. The van der Waals surface area contributed by atoms with Gasteiger partial charge >= 0.3 is 0 Å². The first-order valence-corrected chi connectivity index (χ1v) is 6.56. The molecule has 0 aliphatic rings. The number of benzene rings is 2. The van der Waals surface area contributed by atoms with Gasteiger partial charge in [-0.05, 0) is 40.5 Å². The second-order valence-electron chi connectivity index (χ2n) is 4.07. The lowest BCUT2D eigenvalue weighted by Crippen LogP contribution is -2.04. The van der Waals surface area contributed by atoms with Gasteiger partial charge in [-0.3, -0.25) is 0 Å². The van der Waals surface area contributed by atoms with E-state index in [2.05, 4.69) is 15.9 Å². The third-order valence-electron chi connectivity index (χ3n) is 2.71. The second kappa shape index (κ2) is 5.39. The first-order valence-electron chi connectivity index (χ1n) is 5.38. The fraction of sp³-hybridized carbons (Fsp3) is 0.143. The highest BCUT2D eigenvalue weighted by atomic mass is 79.9. The predicted molar refractivity (Wildman–Crippen MR) is 74.4 cm³/mol. The molecule has 1 nitrogen and oxygen atoms in total. The standard InChI is InChI=1S/C14H11BrClFO/c1-8-3-2-4-9(7-8)14(18)12-11(16)6-5-10(15)13(12)17/h2-7,14,18H,1H3. The number of hydrogen-bond donors (Lipinski definition) is 1. The maximum atomic E-state index is 14.0. The van der Waals surface area contributed by atoms with Crippen molar-refractivity contribution in [3.63, 3.8) is 0 Å². The van der Waals surface area contributed by atoms with Gasteiger partial charge in [-0.15, -0.1) is 0 Å². The number of aliphatic hydroxyl groups is 1. The van der Waals surface area contributed by atoms with Crippen LogP contribution in [0.25, 0.3) is 0 Å². The summed E-state index contributed by atoms with van der Waals surface area (Å²) < 4.78 is 14.3. The summed E-state index contributed by atoms with van der Waals surface area (Å²) in [4.78, 5) is 0. The average Bonchev–Trinajstić information content (AvgIpc) is 2.34. The van der Waals surface area contributed by atoms with Crippen molar-refractivity contribution in [1.82, 2.24) is 0 Å². The summed E-state index contributed by atoms with van der Waals surface area (Å²) >= 11 is 9.06. The Kier molecular flexibility index (Phi) is 4.05. The van der Waals surface area contributed by atoms with Crippen molar-refractivity contribution in [2.24, 2.45) is 0 Å². The third-order valence-corrected chi connectivity index (χ3v) is 3.65. The van der Waals surface area contributed by atoms with Gasteiger partial charge < -0.3 is 5.11 Å². The molecular formula is C14H11BrClFO. The van der Waals surface area contributed by atoms with Crippen LogP contribution in [0.4, 0.5) is 4.39 Å². The van der Waals surface area contributed by atoms with E-state index in [1.807, 2.05) is 19.1 Å². The van der Waals surface area contributed by atoms with Crippen LogP contribution >= 0.6 is 27.5 Å². The van der Waals surface area contributed by atoms with Gasteiger partial charge in [0.25, 0.3) is 0 Å². The van der Waals surface area contributed by atoms with Crippen LogP contribution in [0.1, 0.15) is 22.8 Å². The van der Waals surface area contributed by atoms with E-state index >= 15 is 0 Å². The molecule has 0 heterocycles. The molecule has 0 saturated heterocycles. The normalized spacial score (nSPS) is 12.5. The molecule has 0 aliphatic heterocycles. The van der Waals surface area contributed by atoms with Crippen molar-refractivity contribution < 1.29 is 9.50 Å². The Labute approximate surface area is 118 Å². The fourth-order valence-electron chi connectivity index (χ4n) is 1.80. The van der Waals surface area contributed by atoms with E-state index in [0.717, 1.165) is 5.56 Å². The molecule has 0 saturated carbocycles. The van der Waals surface area contributed by atoms with Crippen molar-refractivity contribution in [1.29, 1.82) is 0 Å². The number of aryl methyl sites for hydroxylation is 1. The minimum atomic E-state index is -1.07. The Hall–Kier alpha value is -0.900. The summed E-state index contributed by atoms with van der Waals surface area (Å²) in [7, 11) is 0. The van der Waals surface area contributed by atoms with Gasteiger partial charge in [0.05, 0.1) is 4.47 Å². The molecule has 0 radical (unpaired) electrons. The van der Waals surface area contributed by atoms with Gasteiger partial charge in [-0.2, -0.15) is 0 Å². The van der Waals surface area contributed by atoms with E-state index in [0.29, 0.717) is 5.56 Å². The molecule has 1 atom stereocenters. The van der Waals surface area contributed by atoms with Crippen LogP contribution < -0.4 is 0 Å². The molecule has 2 aromatic rings. The number of rotatable bonds is 2. The van der Waals surface area contributed by atoms with Crippen LogP contribution in [0.15, 0.2) is 40.9 Å². The van der Waals surface area contributed by atoms with Crippen LogP contribution in [0.2, 0.25) is 5.02 Å². The van der Waals surface area contributed by atoms with E-state index in [1.165, 1.54) is 6.07 Å². The molecule has 1 unspecified atom stereocenters. The highest BCUT2D eigenvalue weighted by Crippen LogP contribution is 2.34. The monoisotopic (exact) mass is 328 g/mol. The first kappa shape index (κ1) is 13.5. The van der Waals surface area contributed by atoms with Gasteiger partial charge in [-0.1, -0.05) is 41.4 Å². The maximum absolute atomic E-state index is 14.0. The topological polar surface area (TPSA) is 20.2 Å². The van der Waals surface area contributed by atoms with Gasteiger partial charge in [0.15, 0.2) is 0 Å². The van der Waals surface area contributed by atoms with Crippen molar-refractivity contribution >= 4 is 27.5 Å². The van der Waals surface area contributed by atoms with E-state index in [9.17, 15) is 9.50 Å². The zero-order valence-electron chi connectivity index (χ0n) is 9.62. The summed E-state index contributed by atoms with van der Waals surface area (Å²) in [6.45, 7) is 1.91. The highest BCUT2D eigenvalue weighted by molar-refractivity contribution is 9.10. The van der Waals surface area contributed by atoms with Crippen LogP contribution in [0, 0.1) is 12.7 Å². The predicted octanol–water partition coefficient (Wildman–Crippen LogP) is 4.63. The number of halogens is 3. The van der Waals surface area contributed by atoms with Crippen LogP contribution in [-0.4, -0.2) is 5.11 Å². The van der Waals surface area contributed by atoms with Crippen molar-refractivity contribution in [2.45, 2.75) is 13.0 Å². The van der Waals surface area contributed by atoms with Crippen LogP contribution in [-0.2, 0) is 0 Å². The summed E-state index contributed by atoms with van der Waals surface area (Å²) in [5, 5.41) is 10.5. The zero-order chi connectivity index (χ0) is 13.3. The maximum Gasteiger partial charge on any atom is 0.145 e. The Balaban J connectivity index is 2.52. The van der Waals surface area contributed by atoms with Gasteiger partial charge in [0.2, 0.25) is 0 Å². The van der Waals surface area contributed by atoms with Crippen LogP contribution in [0.5, 0.6) is 0 Å². The molecule has 0 spiro atoms. The van der Waals surface area contributed by atoms with Gasteiger partial charge in [0, 0.05) is 10.6 Å². The second-order valence-corrected chi connectivity index (χ2v) is 5.34. The molecule has 0 aliphatic carbocycles. The quantitative estimate of drug-likeness (QED) is 0.796. The van der Waals surface area contributed by atoms with Gasteiger partial charge in [0.1, 0.15) is 11.9 Å². The highest BCUT2D eigenvalue weighted by Gasteiger charge is 2.20. The lowest BCUT2D eigenvalue weighted by Gasteiger charge is -2.15. The van der Waals surface area contributed by atoms with Gasteiger partial charge in [-0.25, -0.2) is 4.39 Å². The molecule has 18 heavy (non-hydrogen) atoms. The molecular weight excluding hydrogens is 319 g/mol. The van der Waals surface area contributed by atoms with E-state index in [-0.39, 0.29) is 15.1 Å². The Morgan fingerprint density at radius 1 is 1.28 bits per heavy atom. The Bertz CT molecular complexity index is 586. The minimum Gasteiger partial charge on any atom is -0.383 e. The Morgan fingerprint density at radius 2 is 2.00 bits per heavy atom. The summed E-state index contributed by atoms with van der Waals surface area (Å²) in [6.07, 6.45) is -1.07. The van der Waals surface area contributed by atoms with Crippen molar-refractivity contribution in [3.05, 3.63) is 68.4 Å². The minimum absolute atomic E-state index is 0.0941. The molecule has 2 aromatic carbocycles. The molecule has 0 amide bonds. The molecule has 4 heteroatoms. The number of hydrogen-bond acceptors (Lipinski definition) is 1. The zero-order valence-corrected chi connectivity index (χ0v) is 12.0. The average molecular weight is 330 g/mol. The molecule has 0 aromatic heterocycles. The largest absolute Gasteiger partial charge is 0.383 e. The van der Waals surface area contributed by atoms with Crippen LogP contribution in [0.3, 0.4) is 0 Å². The molecule has 0 bridgehead atoms. The smallest absolute Gasteiger partial charge is 0.145 e. The summed E-state index contributed by atoms with van der Waals surface area (Å²) in [5.41, 5.74) is 1.71. The number of aliphatic hydroxyl groups excluding tert-OH is 1. The Morgan fingerprint density at radius 3 is 2.67 bits per heavy atom. The summed E-state index contributed by atoms with van der Waals surface area (Å²) in [5.74, 6) is -0.531. The van der Waals surface area contributed by atoms with Crippen molar-refractivity contribution in [2.75, 3.05) is 0 Å². The fourth-order valence-corrected chi connectivity index (χ4v) is 2.40. The van der Waals surface area contributed by atoms with E-state index in [4.69, 9.17) is 11.6 Å². The van der Waals surface area contributed by atoms with E-state index < -0.39 is 11.9 Å². The first-order chi connectivity index (χ1) is 8.50. The molecule has 94 valence electrons. The lowest BCUT2D eigenvalue weighted by molar-refractivity contribution is 0.215.